The molecule has 2 N–H and O–H groups in total. The second kappa shape index (κ2) is 7.85. The van der Waals surface area contributed by atoms with Crippen LogP contribution < -0.4 is 10.1 Å². The summed E-state index contributed by atoms with van der Waals surface area (Å²) in [5.41, 5.74) is 4.31. The second-order valence-corrected chi connectivity index (χ2v) is 7.66. The molecule has 0 radical (unpaired) electrons. The van der Waals surface area contributed by atoms with Crippen molar-refractivity contribution in [2.24, 2.45) is 5.92 Å². The van der Waals surface area contributed by atoms with Crippen molar-refractivity contribution >= 4 is 11.6 Å². The summed E-state index contributed by atoms with van der Waals surface area (Å²) < 4.78 is 6.07. The molecule has 0 unspecified atom stereocenters. The molecule has 4 rings (SSSR count). The van der Waals surface area contributed by atoms with Gasteiger partial charge in [-0.1, -0.05) is 0 Å². The molecule has 28 heavy (non-hydrogen) atoms. The van der Waals surface area contributed by atoms with Crippen molar-refractivity contribution in [1.82, 2.24) is 14.9 Å². The highest BCUT2D eigenvalue weighted by molar-refractivity contribution is 5.95. The zero-order chi connectivity index (χ0) is 19.7. The number of nitrogens with one attached hydrogen (secondary N) is 1. The van der Waals surface area contributed by atoms with E-state index in [0.29, 0.717) is 19.7 Å². The molecule has 2 aliphatic rings. The lowest BCUT2D eigenvalue weighted by Gasteiger charge is -2.35. The third-order valence-electron chi connectivity index (χ3n) is 5.29. The fourth-order valence-electron chi connectivity index (χ4n) is 3.51. The van der Waals surface area contributed by atoms with Crippen LogP contribution in [0.3, 0.4) is 0 Å². The van der Waals surface area contributed by atoms with E-state index in [9.17, 15) is 9.90 Å². The summed E-state index contributed by atoms with van der Waals surface area (Å²) in [7, 11) is 0. The van der Waals surface area contributed by atoms with Gasteiger partial charge in [-0.15, -0.1) is 0 Å². The van der Waals surface area contributed by atoms with Crippen LogP contribution in [0.1, 0.15) is 24.2 Å². The van der Waals surface area contributed by atoms with Gasteiger partial charge in [0.15, 0.2) is 0 Å². The van der Waals surface area contributed by atoms with Crippen LogP contribution in [0, 0.1) is 19.8 Å². The largest absolute Gasteiger partial charge is 0.492 e. The molecular formula is C21H26N4O3. The first-order valence-corrected chi connectivity index (χ1v) is 9.78. The molecule has 7 nitrogen and oxygen atoms in total. The Labute approximate surface area is 164 Å². The fourth-order valence-corrected chi connectivity index (χ4v) is 3.51. The topological polar surface area (TPSA) is 87.6 Å². The maximum Gasteiger partial charge on any atom is 0.227 e. The predicted octanol–water partition coefficient (Wildman–Crippen LogP) is 2.16. The van der Waals surface area contributed by atoms with Crippen LogP contribution in [0.25, 0.3) is 11.1 Å². The number of aliphatic hydroxyl groups is 1. The van der Waals surface area contributed by atoms with Gasteiger partial charge in [-0.05, 0) is 44.9 Å². The molecule has 1 amide bonds. The number of hydrogen-bond donors (Lipinski definition) is 2. The summed E-state index contributed by atoms with van der Waals surface area (Å²) in [6, 6.07) is 5.72. The first-order chi connectivity index (χ1) is 13.5. The summed E-state index contributed by atoms with van der Waals surface area (Å²) in [4.78, 5) is 23.0. The molecule has 1 aliphatic carbocycles. The highest BCUT2D eigenvalue weighted by Crippen LogP contribution is 2.36. The number of nitrogens with zero attached hydrogens (tertiary/aromatic N) is 3. The van der Waals surface area contributed by atoms with Crippen molar-refractivity contribution in [3.8, 4) is 16.9 Å². The standard InChI is InChI=1S/C21H26N4O3/c1-13-20(14(2)23-12-22-13)18-9-16(24-21(27)15-3-4-15)5-6-19(18)28-8-7-25-10-17(26)11-25/h5-6,9,12,15,17,26H,3-4,7-8,10-11H2,1-2H3,(H,24,27). The third kappa shape index (κ3) is 4.15. The molecule has 2 fully saturated rings. The number of aryl methyl sites for hydroxylation is 2. The van der Waals surface area contributed by atoms with Gasteiger partial charge in [-0.2, -0.15) is 0 Å². The lowest BCUT2D eigenvalue weighted by Crippen LogP contribution is -2.51. The molecule has 2 aromatic rings. The van der Waals surface area contributed by atoms with Crippen LogP contribution >= 0.6 is 0 Å². The SMILES string of the molecule is Cc1ncnc(C)c1-c1cc(NC(=O)C2CC2)ccc1OCCN1CC(O)C1. The molecular weight excluding hydrogens is 356 g/mol. The predicted molar refractivity (Wildman–Crippen MR) is 106 cm³/mol. The number of amides is 1. The quantitative estimate of drug-likeness (QED) is 0.763. The average molecular weight is 382 g/mol. The lowest BCUT2D eigenvalue weighted by atomic mass is 10.0. The zero-order valence-electron chi connectivity index (χ0n) is 16.3. The second-order valence-electron chi connectivity index (χ2n) is 7.66. The fraction of sp³-hybridized carbons (Fsp3) is 0.476. The van der Waals surface area contributed by atoms with E-state index < -0.39 is 0 Å². The number of β-amino-alcohol motifs (C(OH)–C–C–N with tert-alkyl or cyclic N) is 1. The minimum atomic E-state index is -0.211. The number of ether oxygens (including phenoxy) is 1. The monoisotopic (exact) mass is 382 g/mol. The van der Waals surface area contributed by atoms with Gasteiger partial charge in [-0.3, -0.25) is 9.69 Å². The number of rotatable bonds is 7. The number of carbonyl (C=O) groups is 1. The normalized spacial score (nSPS) is 17.2. The Morgan fingerprint density at radius 2 is 1.96 bits per heavy atom. The van der Waals surface area contributed by atoms with Crippen LogP contribution in [0.2, 0.25) is 0 Å². The molecule has 0 spiro atoms. The van der Waals surface area contributed by atoms with Gasteiger partial charge >= 0.3 is 0 Å². The van der Waals surface area contributed by atoms with Gasteiger partial charge in [0.1, 0.15) is 18.7 Å². The number of aromatic nitrogens is 2. The number of aliphatic hydroxyl groups excluding tert-OH is 1. The van der Waals surface area contributed by atoms with Crippen LogP contribution in [-0.4, -0.2) is 58.2 Å². The summed E-state index contributed by atoms with van der Waals surface area (Å²) in [6.07, 6.45) is 3.28. The Balaban J connectivity index is 1.57. The van der Waals surface area contributed by atoms with Crippen molar-refractivity contribution < 1.29 is 14.6 Å². The lowest BCUT2D eigenvalue weighted by molar-refractivity contribution is -0.117. The van der Waals surface area contributed by atoms with E-state index in [0.717, 1.165) is 53.3 Å². The van der Waals surface area contributed by atoms with Gasteiger partial charge < -0.3 is 15.2 Å². The summed E-state index contributed by atoms with van der Waals surface area (Å²) in [5, 5.41) is 12.4. The van der Waals surface area contributed by atoms with Crippen molar-refractivity contribution in [2.45, 2.75) is 32.8 Å². The van der Waals surface area contributed by atoms with Gasteiger partial charge in [0.2, 0.25) is 5.91 Å². The molecule has 1 aromatic heterocycles. The van der Waals surface area contributed by atoms with Crippen LogP contribution in [0.5, 0.6) is 5.75 Å². The number of benzene rings is 1. The Morgan fingerprint density at radius 3 is 2.61 bits per heavy atom. The summed E-state index contributed by atoms with van der Waals surface area (Å²) in [6.45, 7) is 6.59. The van der Waals surface area contributed by atoms with Crippen molar-refractivity contribution in [3.63, 3.8) is 0 Å². The maximum atomic E-state index is 12.2. The Bertz CT molecular complexity index is 856. The Morgan fingerprint density at radius 1 is 1.25 bits per heavy atom. The minimum Gasteiger partial charge on any atom is -0.492 e. The highest BCUT2D eigenvalue weighted by atomic mass is 16.5. The first kappa shape index (κ1) is 18.8. The van der Waals surface area contributed by atoms with Gasteiger partial charge in [-0.25, -0.2) is 9.97 Å². The van der Waals surface area contributed by atoms with Crippen LogP contribution in [0.4, 0.5) is 5.69 Å². The molecule has 1 aromatic carbocycles. The molecule has 7 heteroatoms. The molecule has 2 heterocycles. The van der Waals surface area contributed by atoms with Crippen LogP contribution in [-0.2, 0) is 4.79 Å². The number of hydrogen-bond acceptors (Lipinski definition) is 6. The van der Waals surface area contributed by atoms with E-state index in [2.05, 4.69) is 20.2 Å². The molecule has 0 bridgehead atoms. The van der Waals surface area contributed by atoms with E-state index >= 15 is 0 Å². The highest BCUT2D eigenvalue weighted by Gasteiger charge is 2.30. The van der Waals surface area contributed by atoms with Gasteiger partial charge in [0.05, 0.1) is 6.10 Å². The van der Waals surface area contributed by atoms with Gasteiger partial charge in [0, 0.05) is 53.8 Å². The van der Waals surface area contributed by atoms with E-state index in [4.69, 9.17) is 4.74 Å². The number of carbonyl (C=O) groups excluding carboxylic acids is 1. The zero-order valence-corrected chi connectivity index (χ0v) is 16.3. The third-order valence-corrected chi connectivity index (χ3v) is 5.29. The first-order valence-electron chi connectivity index (χ1n) is 9.78. The minimum absolute atomic E-state index is 0.0775. The van der Waals surface area contributed by atoms with Gasteiger partial charge in [0.25, 0.3) is 0 Å². The average Bonchev–Trinajstić information content (AvgIpc) is 3.47. The van der Waals surface area contributed by atoms with Crippen molar-refractivity contribution in [1.29, 1.82) is 0 Å². The van der Waals surface area contributed by atoms with E-state index in [1.807, 2.05) is 32.0 Å². The Hall–Kier alpha value is -2.51. The number of anilines is 1. The molecule has 1 saturated carbocycles. The molecule has 1 saturated heterocycles. The molecule has 148 valence electrons. The van der Waals surface area contributed by atoms with Crippen molar-refractivity contribution in [3.05, 3.63) is 35.9 Å². The smallest absolute Gasteiger partial charge is 0.227 e. The van der Waals surface area contributed by atoms with E-state index in [-0.39, 0.29) is 17.9 Å². The molecule has 1 aliphatic heterocycles. The summed E-state index contributed by atoms with van der Waals surface area (Å²) >= 11 is 0. The molecule has 0 atom stereocenters. The maximum absolute atomic E-state index is 12.2. The summed E-state index contributed by atoms with van der Waals surface area (Å²) in [5.74, 6) is 0.968. The number of likely N-dealkylation sites (tertiary alicyclic amines) is 1. The Kier molecular flexibility index (Phi) is 5.28. The van der Waals surface area contributed by atoms with Crippen molar-refractivity contribution in [2.75, 3.05) is 31.6 Å². The van der Waals surface area contributed by atoms with E-state index in [1.165, 1.54) is 0 Å². The van der Waals surface area contributed by atoms with E-state index in [1.54, 1.807) is 6.33 Å². The van der Waals surface area contributed by atoms with Crippen LogP contribution in [0.15, 0.2) is 24.5 Å².